The fraction of sp³-hybridized carbons (Fsp3) is 0.257. The van der Waals surface area contributed by atoms with Gasteiger partial charge in [-0.3, -0.25) is 10.1 Å². The number of phenols is 1. The molecule has 1 aliphatic rings. The van der Waals surface area contributed by atoms with Gasteiger partial charge in [-0.25, -0.2) is 4.79 Å². The molecule has 0 aromatic heterocycles. The molecular formula is C35H36ClN3O4. The topological polar surface area (TPSA) is 90.9 Å². The van der Waals surface area contributed by atoms with E-state index in [-0.39, 0.29) is 22.8 Å². The summed E-state index contributed by atoms with van der Waals surface area (Å²) in [6, 6.07) is 30.6. The molecule has 0 unspecified atom stereocenters. The van der Waals surface area contributed by atoms with E-state index in [9.17, 15) is 14.7 Å². The van der Waals surface area contributed by atoms with Crippen LogP contribution in [-0.2, 0) is 17.6 Å². The van der Waals surface area contributed by atoms with Gasteiger partial charge in [0.2, 0.25) is 0 Å². The molecular weight excluding hydrogens is 562 g/mol. The van der Waals surface area contributed by atoms with Gasteiger partial charge in [-0.2, -0.15) is 0 Å². The Morgan fingerprint density at radius 1 is 0.860 bits per heavy atom. The third-order valence-corrected chi connectivity index (χ3v) is 8.01. The molecule has 43 heavy (non-hydrogen) atoms. The zero-order chi connectivity index (χ0) is 30.0. The number of para-hydroxylation sites is 1. The third-order valence-electron chi connectivity index (χ3n) is 7.69. The van der Waals surface area contributed by atoms with Gasteiger partial charge in [0.1, 0.15) is 11.9 Å². The van der Waals surface area contributed by atoms with Crippen molar-refractivity contribution >= 4 is 29.3 Å². The molecule has 0 spiro atoms. The second-order valence-corrected chi connectivity index (χ2v) is 11.1. The lowest BCUT2D eigenvalue weighted by Gasteiger charge is -2.31. The van der Waals surface area contributed by atoms with Crippen LogP contribution in [0.15, 0.2) is 97.1 Å². The molecule has 0 saturated carbocycles. The number of carbonyl (C=O) groups is 2. The average molecular weight is 598 g/mol. The summed E-state index contributed by atoms with van der Waals surface area (Å²) in [5.74, 6) is -0.230. The number of nitrogens with one attached hydrogen (secondary N) is 2. The number of hydrogen-bond donors (Lipinski definition) is 3. The molecule has 5 rings (SSSR count). The lowest BCUT2D eigenvalue weighted by Crippen LogP contribution is -2.39. The summed E-state index contributed by atoms with van der Waals surface area (Å²) in [6.07, 6.45) is 2.77. The molecule has 3 N–H and O–H groups in total. The number of phenolic OH excluding ortho intramolecular Hbond substituents is 1. The monoisotopic (exact) mass is 597 g/mol. The summed E-state index contributed by atoms with van der Waals surface area (Å²) in [6.45, 7) is 3.22. The van der Waals surface area contributed by atoms with Gasteiger partial charge >= 0.3 is 6.09 Å². The Labute approximate surface area is 257 Å². The fourth-order valence-corrected chi connectivity index (χ4v) is 5.53. The number of anilines is 1. The standard InChI is InChI=1S/C35H36ClN3O4/c36-32-24-28(40)14-15-31(32)34(41)37-20-16-25-10-12-26(13-11-25)17-21-39-22-18-29(19-23-39)43-35(42)38-33-9-5-4-8-30(33)27-6-2-1-3-7-27/h1-15,24,29,40H,16-23H2,(H,37,41)(H,38,42). The van der Waals surface area contributed by atoms with Crippen LogP contribution in [0.2, 0.25) is 5.02 Å². The van der Waals surface area contributed by atoms with Gasteiger partial charge in [0.25, 0.3) is 5.91 Å². The van der Waals surface area contributed by atoms with Gasteiger partial charge < -0.3 is 20.1 Å². The van der Waals surface area contributed by atoms with Crippen molar-refractivity contribution in [2.75, 3.05) is 31.5 Å². The average Bonchev–Trinajstić information content (AvgIpc) is 3.02. The smallest absolute Gasteiger partial charge is 0.411 e. The van der Waals surface area contributed by atoms with Crippen molar-refractivity contribution < 1.29 is 19.4 Å². The van der Waals surface area contributed by atoms with Crippen LogP contribution < -0.4 is 10.6 Å². The molecule has 4 aromatic rings. The number of ether oxygens (including phenoxy) is 1. The van der Waals surface area contributed by atoms with E-state index in [1.807, 2.05) is 54.6 Å². The predicted octanol–water partition coefficient (Wildman–Crippen LogP) is 6.94. The maximum Gasteiger partial charge on any atom is 0.411 e. The summed E-state index contributed by atoms with van der Waals surface area (Å²) >= 11 is 6.05. The third kappa shape index (κ3) is 8.60. The molecule has 7 nitrogen and oxygen atoms in total. The van der Waals surface area contributed by atoms with Crippen molar-refractivity contribution in [3.05, 3.63) is 119 Å². The summed E-state index contributed by atoms with van der Waals surface area (Å²) < 4.78 is 5.77. The summed E-state index contributed by atoms with van der Waals surface area (Å²) in [5.41, 5.74) is 5.50. The summed E-state index contributed by atoms with van der Waals surface area (Å²) in [7, 11) is 0. The highest BCUT2D eigenvalue weighted by Crippen LogP contribution is 2.28. The maximum atomic E-state index is 12.7. The number of carbonyl (C=O) groups excluding carboxylic acids is 2. The van der Waals surface area contributed by atoms with Gasteiger partial charge in [-0.1, -0.05) is 84.4 Å². The lowest BCUT2D eigenvalue weighted by atomic mass is 10.0. The summed E-state index contributed by atoms with van der Waals surface area (Å²) in [4.78, 5) is 27.5. The number of benzene rings is 4. The quantitative estimate of drug-likeness (QED) is 0.184. The number of likely N-dealkylation sites (tertiary alicyclic amines) is 1. The molecule has 2 amide bonds. The van der Waals surface area contributed by atoms with E-state index >= 15 is 0 Å². The molecule has 0 aliphatic carbocycles. The Morgan fingerprint density at radius 2 is 1.53 bits per heavy atom. The number of halogens is 1. The van der Waals surface area contributed by atoms with Gasteiger partial charge in [-0.05, 0) is 66.6 Å². The van der Waals surface area contributed by atoms with Crippen LogP contribution in [0.4, 0.5) is 10.5 Å². The second-order valence-electron chi connectivity index (χ2n) is 10.7. The molecule has 4 aromatic carbocycles. The van der Waals surface area contributed by atoms with E-state index in [0.29, 0.717) is 18.5 Å². The van der Waals surface area contributed by atoms with Crippen LogP contribution in [0.3, 0.4) is 0 Å². The fourth-order valence-electron chi connectivity index (χ4n) is 5.27. The van der Waals surface area contributed by atoms with Crippen LogP contribution in [0.5, 0.6) is 5.75 Å². The Kier molecular flexibility index (Phi) is 10.3. The Bertz CT molecular complexity index is 1520. The normalized spacial score (nSPS) is 13.8. The minimum absolute atomic E-state index is 0.0293. The number of amides is 2. The van der Waals surface area contributed by atoms with E-state index in [1.54, 1.807) is 0 Å². The Balaban J connectivity index is 1.00. The molecule has 8 heteroatoms. The molecule has 1 aliphatic heterocycles. The first-order chi connectivity index (χ1) is 20.9. The summed E-state index contributed by atoms with van der Waals surface area (Å²) in [5, 5.41) is 15.5. The highest BCUT2D eigenvalue weighted by Gasteiger charge is 2.22. The van der Waals surface area contributed by atoms with Crippen LogP contribution in [-0.4, -0.2) is 54.3 Å². The second kappa shape index (κ2) is 14.7. The number of aromatic hydroxyl groups is 1. The lowest BCUT2D eigenvalue weighted by molar-refractivity contribution is 0.0593. The highest BCUT2D eigenvalue weighted by molar-refractivity contribution is 6.34. The minimum atomic E-state index is -0.411. The number of rotatable bonds is 10. The van der Waals surface area contributed by atoms with Crippen LogP contribution in [0.25, 0.3) is 11.1 Å². The molecule has 222 valence electrons. The number of nitrogens with zero attached hydrogens (tertiary/aromatic N) is 1. The zero-order valence-corrected chi connectivity index (χ0v) is 24.7. The van der Waals surface area contributed by atoms with Crippen LogP contribution >= 0.6 is 11.6 Å². The molecule has 1 saturated heterocycles. The van der Waals surface area contributed by atoms with Crippen molar-refractivity contribution in [2.24, 2.45) is 0 Å². The van der Waals surface area contributed by atoms with Gasteiger partial charge in [0, 0.05) is 31.7 Å². The van der Waals surface area contributed by atoms with Crippen molar-refractivity contribution in [2.45, 2.75) is 31.8 Å². The van der Waals surface area contributed by atoms with E-state index in [2.05, 4.69) is 39.8 Å². The van der Waals surface area contributed by atoms with Crippen molar-refractivity contribution in [1.29, 1.82) is 0 Å². The largest absolute Gasteiger partial charge is 0.508 e. The van der Waals surface area contributed by atoms with Crippen LogP contribution in [0.1, 0.15) is 34.3 Å². The van der Waals surface area contributed by atoms with E-state index in [0.717, 1.165) is 61.3 Å². The first-order valence-electron chi connectivity index (χ1n) is 14.6. The maximum absolute atomic E-state index is 12.7. The van der Waals surface area contributed by atoms with Gasteiger partial charge in [-0.15, -0.1) is 0 Å². The molecule has 0 bridgehead atoms. The van der Waals surface area contributed by atoms with Crippen molar-refractivity contribution in [1.82, 2.24) is 10.2 Å². The zero-order valence-electron chi connectivity index (χ0n) is 24.0. The molecule has 0 radical (unpaired) electrons. The molecule has 1 fully saturated rings. The Hall–Kier alpha value is -4.33. The SMILES string of the molecule is O=C(Nc1ccccc1-c1ccccc1)OC1CCN(CCc2ccc(CCNC(=O)c3ccc(O)cc3Cl)cc2)CC1. The van der Waals surface area contributed by atoms with Crippen molar-refractivity contribution in [3.63, 3.8) is 0 Å². The van der Waals surface area contributed by atoms with Gasteiger partial charge in [0.05, 0.1) is 16.3 Å². The first kappa shape index (κ1) is 30.1. The molecule has 1 heterocycles. The van der Waals surface area contributed by atoms with E-state index in [1.165, 1.54) is 23.8 Å². The number of piperidine rings is 1. The first-order valence-corrected chi connectivity index (χ1v) is 15.0. The minimum Gasteiger partial charge on any atom is -0.508 e. The van der Waals surface area contributed by atoms with E-state index < -0.39 is 6.09 Å². The number of hydrogen-bond acceptors (Lipinski definition) is 5. The van der Waals surface area contributed by atoms with E-state index in [4.69, 9.17) is 16.3 Å². The predicted molar refractivity (Wildman–Crippen MR) is 171 cm³/mol. The van der Waals surface area contributed by atoms with Crippen LogP contribution in [0, 0.1) is 0 Å². The van der Waals surface area contributed by atoms with Crippen molar-refractivity contribution in [3.8, 4) is 16.9 Å². The van der Waals surface area contributed by atoms with Gasteiger partial charge in [0.15, 0.2) is 0 Å². The molecule has 0 atom stereocenters. The highest BCUT2D eigenvalue weighted by atomic mass is 35.5. The Morgan fingerprint density at radius 3 is 2.26 bits per heavy atom.